The third-order valence-electron chi connectivity index (χ3n) is 5.76. The molecule has 0 bridgehead atoms. The molecule has 1 fully saturated rings. The van der Waals surface area contributed by atoms with E-state index in [1.54, 1.807) is 30.2 Å². The minimum atomic E-state index is -3.90. The molecule has 2 atom stereocenters. The van der Waals surface area contributed by atoms with E-state index in [-0.39, 0.29) is 36.2 Å². The van der Waals surface area contributed by atoms with Crippen LogP contribution in [0.4, 0.5) is 10.1 Å². The summed E-state index contributed by atoms with van der Waals surface area (Å²) in [7, 11) is -2.35. The quantitative estimate of drug-likeness (QED) is 0.493. The lowest BCUT2D eigenvalue weighted by molar-refractivity contribution is -0.155. The number of para-hydroxylation sites is 1. The van der Waals surface area contributed by atoms with Crippen molar-refractivity contribution in [1.29, 1.82) is 0 Å². The summed E-state index contributed by atoms with van der Waals surface area (Å²) >= 11 is 0. The average molecular weight is 501 g/mol. The number of rotatable bonds is 8. The van der Waals surface area contributed by atoms with Crippen LogP contribution in [0.2, 0.25) is 0 Å². The molecule has 184 valence electrons. The topological polar surface area (TPSA) is 105 Å². The smallest absolute Gasteiger partial charge is 0.261 e. The highest BCUT2D eigenvalue weighted by atomic mass is 32.2. The van der Waals surface area contributed by atoms with E-state index in [0.29, 0.717) is 11.3 Å². The lowest BCUT2D eigenvalue weighted by Crippen LogP contribution is -2.51. The second-order valence-electron chi connectivity index (χ2n) is 8.04. The third kappa shape index (κ3) is 5.61. The number of morpholine rings is 1. The average Bonchev–Trinajstić information content (AvgIpc) is 2.85. The van der Waals surface area contributed by atoms with Crippen LogP contribution in [0.1, 0.15) is 17.2 Å². The molecule has 0 unspecified atom stereocenters. The van der Waals surface area contributed by atoms with Gasteiger partial charge in [-0.15, -0.1) is 0 Å². The predicted octanol–water partition coefficient (Wildman–Crippen LogP) is 3.10. The van der Waals surface area contributed by atoms with Crippen LogP contribution in [-0.2, 0) is 26.1 Å². The lowest BCUT2D eigenvalue weighted by Gasteiger charge is -2.38. The van der Waals surface area contributed by atoms with Crippen molar-refractivity contribution in [2.75, 3.05) is 25.0 Å². The normalized spacial score (nSPS) is 17.2. The molecule has 1 heterocycles. The van der Waals surface area contributed by atoms with Crippen molar-refractivity contribution in [3.05, 3.63) is 89.7 Å². The van der Waals surface area contributed by atoms with Gasteiger partial charge < -0.3 is 19.5 Å². The highest BCUT2D eigenvalue weighted by Gasteiger charge is 2.35. The summed E-state index contributed by atoms with van der Waals surface area (Å²) in [6, 6.07) is 17.3. The number of aliphatic hydroxyl groups excluding tert-OH is 1. The number of aliphatic hydroxyl groups is 1. The summed E-state index contributed by atoms with van der Waals surface area (Å²) < 4.78 is 51.4. The Kier molecular flexibility index (Phi) is 7.34. The predicted molar refractivity (Wildman–Crippen MR) is 127 cm³/mol. The number of sulfonamides is 1. The van der Waals surface area contributed by atoms with Crippen LogP contribution in [0.25, 0.3) is 0 Å². The Hall–Kier alpha value is -3.47. The molecule has 8 nitrogen and oxygen atoms in total. The van der Waals surface area contributed by atoms with Gasteiger partial charge in [-0.1, -0.05) is 30.3 Å². The number of nitrogens with one attached hydrogen (secondary N) is 1. The van der Waals surface area contributed by atoms with Crippen LogP contribution in [0.5, 0.6) is 5.75 Å². The number of benzene rings is 3. The third-order valence-corrected chi connectivity index (χ3v) is 7.16. The number of ether oxygens (including phenoxy) is 2. The van der Waals surface area contributed by atoms with Crippen molar-refractivity contribution in [3.63, 3.8) is 0 Å². The van der Waals surface area contributed by atoms with E-state index in [4.69, 9.17) is 9.47 Å². The molecule has 1 aliphatic rings. The summed E-state index contributed by atoms with van der Waals surface area (Å²) in [5.74, 6) is -0.153. The van der Waals surface area contributed by atoms with Gasteiger partial charge >= 0.3 is 0 Å². The zero-order valence-corrected chi connectivity index (χ0v) is 19.7. The van der Waals surface area contributed by atoms with Gasteiger partial charge in [0.1, 0.15) is 24.3 Å². The molecule has 0 radical (unpaired) electrons. The minimum Gasteiger partial charge on any atom is -0.496 e. The van der Waals surface area contributed by atoms with E-state index in [1.165, 1.54) is 24.3 Å². The number of hydrogen-bond donors (Lipinski definition) is 2. The molecule has 10 heteroatoms. The Morgan fingerprint density at radius 1 is 1.11 bits per heavy atom. The van der Waals surface area contributed by atoms with E-state index in [1.807, 2.05) is 18.2 Å². The van der Waals surface area contributed by atoms with Crippen molar-refractivity contribution in [3.8, 4) is 5.75 Å². The number of halogens is 1. The molecule has 35 heavy (non-hydrogen) atoms. The minimum absolute atomic E-state index is 0.0761. The van der Waals surface area contributed by atoms with Crippen LogP contribution in [0.3, 0.4) is 0 Å². The van der Waals surface area contributed by atoms with Gasteiger partial charge in [0.15, 0.2) is 0 Å². The standard InChI is InChI=1S/C25H25FN2O6S/c1-33-23-5-3-2-4-18(23)14-28-22(15-34-16-24(28)29)25(30)17-6-10-20(11-7-17)27-35(31,32)21-12-8-19(26)9-13-21/h2-13,22,25,27,30H,14-16H2,1H3/t22-,25-/m1/s1. The van der Waals surface area contributed by atoms with E-state index in [9.17, 15) is 22.7 Å². The second kappa shape index (κ2) is 10.4. The largest absolute Gasteiger partial charge is 0.496 e. The highest BCUT2D eigenvalue weighted by molar-refractivity contribution is 7.92. The molecular weight excluding hydrogens is 475 g/mol. The number of carbonyl (C=O) groups is 1. The highest BCUT2D eigenvalue weighted by Crippen LogP contribution is 2.29. The summed E-state index contributed by atoms with van der Waals surface area (Å²) in [6.45, 7) is 0.299. The Morgan fingerprint density at radius 3 is 2.49 bits per heavy atom. The molecular formula is C25H25FN2O6S. The van der Waals surface area contributed by atoms with Gasteiger partial charge in [0.05, 0.1) is 24.7 Å². The van der Waals surface area contributed by atoms with Gasteiger partial charge in [-0.05, 0) is 48.0 Å². The molecule has 2 N–H and O–H groups in total. The number of methoxy groups -OCH3 is 1. The molecule has 1 aliphatic heterocycles. The fourth-order valence-corrected chi connectivity index (χ4v) is 4.97. The van der Waals surface area contributed by atoms with Crippen LogP contribution in [0.15, 0.2) is 77.7 Å². The van der Waals surface area contributed by atoms with Crippen molar-refractivity contribution < 1.29 is 32.2 Å². The van der Waals surface area contributed by atoms with Crippen molar-refractivity contribution >= 4 is 21.6 Å². The van der Waals surface area contributed by atoms with E-state index >= 15 is 0 Å². The fourth-order valence-electron chi connectivity index (χ4n) is 3.91. The maximum Gasteiger partial charge on any atom is 0.261 e. The molecule has 1 amide bonds. The Morgan fingerprint density at radius 2 is 1.80 bits per heavy atom. The summed E-state index contributed by atoms with van der Waals surface area (Å²) in [5.41, 5.74) is 1.56. The first-order chi connectivity index (χ1) is 16.8. The molecule has 3 aromatic rings. The van der Waals surface area contributed by atoms with Crippen molar-refractivity contribution in [2.45, 2.75) is 23.6 Å². The van der Waals surface area contributed by atoms with Gasteiger partial charge in [-0.3, -0.25) is 9.52 Å². The molecule has 0 spiro atoms. The first-order valence-electron chi connectivity index (χ1n) is 10.8. The lowest BCUT2D eigenvalue weighted by atomic mass is 9.99. The number of carbonyl (C=O) groups excluding carboxylic acids is 1. The Labute approximate surface area is 203 Å². The molecule has 4 rings (SSSR count). The van der Waals surface area contributed by atoms with Crippen molar-refractivity contribution in [2.24, 2.45) is 0 Å². The number of amides is 1. The summed E-state index contributed by atoms with van der Waals surface area (Å²) in [6.07, 6.45) is -1.07. The SMILES string of the molecule is COc1ccccc1CN1C(=O)COC[C@@H]1[C@H](O)c1ccc(NS(=O)(=O)c2ccc(F)cc2)cc1. The van der Waals surface area contributed by atoms with Gasteiger partial charge in [0.2, 0.25) is 5.91 Å². The second-order valence-corrected chi connectivity index (χ2v) is 9.72. The Balaban J connectivity index is 1.51. The summed E-state index contributed by atoms with van der Waals surface area (Å²) in [4.78, 5) is 14.2. The van der Waals surface area contributed by atoms with E-state index < -0.39 is 28.0 Å². The van der Waals surface area contributed by atoms with Crippen molar-refractivity contribution in [1.82, 2.24) is 4.90 Å². The molecule has 0 saturated carbocycles. The molecule has 3 aromatic carbocycles. The zero-order chi connectivity index (χ0) is 25.0. The van der Waals surface area contributed by atoms with Crippen LogP contribution in [-0.4, -0.2) is 50.7 Å². The maximum atomic E-state index is 13.1. The zero-order valence-electron chi connectivity index (χ0n) is 18.9. The fraction of sp³-hybridized carbons (Fsp3) is 0.240. The van der Waals surface area contributed by atoms with Crippen LogP contribution < -0.4 is 9.46 Å². The molecule has 0 aromatic heterocycles. The van der Waals surface area contributed by atoms with Crippen LogP contribution >= 0.6 is 0 Å². The van der Waals surface area contributed by atoms with E-state index in [0.717, 1.165) is 17.7 Å². The molecule has 1 saturated heterocycles. The van der Waals surface area contributed by atoms with Gasteiger partial charge in [-0.2, -0.15) is 0 Å². The van der Waals surface area contributed by atoms with E-state index in [2.05, 4.69) is 4.72 Å². The van der Waals surface area contributed by atoms with Gasteiger partial charge in [-0.25, -0.2) is 12.8 Å². The first-order valence-corrected chi connectivity index (χ1v) is 12.3. The summed E-state index contributed by atoms with van der Waals surface area (Å²) in [5, 5.41) is 11.1. The Bertz CT molecular complexity index is 1280. The first kappa shape index (κ1) is 24.6. The number of anilines is 1. The van der Waals surface area contributed by atoms with Crippen LogP contribution in [0, 0.1) is 5.82 Å². The monoisotopic (exact) mass is 500 g/mol. The maximum absolute atomic E-state index is 13.1. The number of nitrogens with zero attached hydrogens (tertiary/aromatic N) is 1. The number of hydrogen-bond acceptors (Lipinski definition) is 6. The van der Waals surface area contributed by atoms with Gasteiger partial charge in [0.25, 0.3) is 10.0 Å². The van der Waals surface area contributed by atoms with Gasteiger partial charge in [0, 0.05) is 17.8 Å². The molecule has 0 aliphatic carbocycles.